The smallest absolute Gasteiger partial charge is 0.235 e. The van der Waals surface area contributed by atoms with Gasteiger partial charge >= 0.3 is 0 Å². The quantitative estimate of drug-likeness (QED) is 0.813. The molecule has 0 saturated heterocycles. The summed E-state index contributed by atoms with van der Waals surface area (Å²) in [5.41, 5.74) is 0.657. The number of fused-ring (bicyclic) bond motifs is 1. The van der Waals surface area contributed by atoms with Crippen molar-refractivity contribution in [2.24, 2.45) is 5.92 Å². The predicted molar refractivity (Wildman–Crippen MR) is 83.3 cm³/mol. The van der Waals surface area contributed by atoms with Gasteiger partial charge in [0.15, 0.2) is 5.65 Å². The van der Waals surface area contributed by atoms with Gasteiger partial charge in [0.25, 0.3) is 0 Å². The molecule has 2 heterocycles. The maximum absolute atomic E-state index is 11.9. The summed E-state index contributed by atoms with van der Waals surface area (Å²) in [6, 6.07) is 5.47. The second kappa shape index (κ2) is 7.53. The highest BCUT2D eigenvalue weighted by Gasteiger charge is 2.10. The summed E-state index contributed by atoms with van der Waals surface area (Å²) in [6.07, 6.45) is 2.99. The third-order valence-corrected chi connectivity index (χ3v) is 3.19. The first-order chi connectivity index (χ1) is 10.6. The second-order valence-corrected chi connectivity index (χ2v) is 5.53. The molecule has 0 aromatic carbocycles. The van der Waals surface area contributed by atoms with Gasteiger partial charge in [0.1, 0.15) is 0 Å². The minimum Gasteiger partial charge on any atom is -0.356 e. The van der Waals surface area contributed by atoms with E-state index in [1.165, 1.54) is 0 Å². The number of rotatable bonds is 7. The first-order valence-corrected chi connectivity index (χ1v) is 7.42. The number of nitrogens with one attached hydrogen (secondary N) is 2. The lowest BCUT2D eigenvalue weighted by Gasteiger charge is -2.07. The highest BCUT2D eigenvalue weighted by molar-refractivity contribution is 5.92. The molecular formula is C15H21N5O2. The van der Waals surface area contributed by atoms with Crippen LogP contribution in [-0.4, -0.2) is 33.0 Å². The molecule has 0 saturated carbocycles. The van der Waals surface area contributed by atoms with E-state index in [4.69, 9.17) is 0 Å². The second-order valence-electron chi connectivity index (χ2n) is 5.53. The fourth-order valence-electron chi connectivity index (χ4n) is 1.93. The SMILES string of the molecule is CC(C)CCNC(=O)CCC(=O)Nc1nnc2ccccn12. The molecule has 0 aliphatic heterocycles. The Morgan fingerprint density at radius 3 is 2.73 bits per heavy atom. The minimum absolute atomic E-state index is 0.109. The summed E-state index contributed by atoms with van der Waals surface area (Å²) >= 11 is 0. The van der Waals surface area contributed by atoms with Crippen LogP contribution in [0.15, 0.2) is 24.4 Å². The number of hydrogen-bond donors (Lipinski definition) is 2. The maximum atomic E-state index is 11.9. The molecule has 0 radical (unpaired) electrons. The van der Waals surface area contributed by atoms with Gasteiger partial charge in [0, 0.05) is 25.6 Å². The van der Waals surface area contributed by atoms with Gasteiger partial charge in [-0.1, -0.05) is 19.9 Å². The molecule has 2 N–H and O–H groups in total. The van der Waals surface area contributed by atoms with Gasteiger partial charge in [-0.15, -0.1) is 10.2 Å². The zero-order chi connectivity index (χ0) is 15.9. The van der Waals surface area contributed by atoms with Crippen LogP contribution in [0.3, 0.4) is 0 Å². The normalized spacial score (nSPS) is 10.9. The summed E-state index contributed by atoms with van der Waals surface area (Å²) in [4.78, 5) is 23.5. The number of carbonyl (C=O) groups is 2. The first-order valence-electron chi connectivity index (χ1n) is 7.42. The van der Waals surface area contributed by atoms with Crippen LogP contribution < -0.4 is 10.6 Å². The number of amides is 2. The van der Waals surface area contributed by atoms with Gasteiger partial charge < -0.3 is 5.32 Å². The standard InChI is InChI=1S/C15H21N5O2/c1-11(2)8-9-16-13(21)6-7-14(22)17-15-19-18-12-5-3-4-10-20(12)15/h3-5,10-11H,6-9H2,1-2H3,(H,16,21)(H,17,19,22). The lowest BCUT2D eigenvalue weighted by Crippen LogP contribution is -2.26. The average Bonchev–Trinajstić information content (AvgIpc) is 2.88. The zero-order valence-corrected chi connectivity index (χ0v) is 12.9. The summed E-state index contributed by atoms with van der Waals surface area (Å²) in [6.45, 7) is 4.85. The van der Waals surface area contributed by atoms with E-state index in [0.29, 0.717) is 24.1 Å². The van der Waals surface area contributed by atoms with E-state index in [1.807, 2.05) is 12.1 Å². The van der Waals surface area contributed by atoms with E-state index in [-0.39, 0.29) is 24.7 Å². The fraction of sp³-hybridized carbons (Fsp3) is 0.467. The first kappa shape index (κ1) is 15.9. The molecule has 118 valence electrons. The highest BCUT2D eigenvalue weighted by atomic mass is 16.2. The molecule has 22 heavy (non-hydrogen) atoms. The number of nitrogens with zero attached hydrogens (tertiary/aromatic N) is 3. The Morgan fingerprint density at radius 2 is 1.95 bits per heavy atom. The van der Waals surface area contributed by atoms with Crippen molar-refractivity contribution in [1.82, 2.24) is 19.9 Å². The number of anilines is 1. The Balaban J connectivity index is 1.77. The monoisotopic (exact) mass is 303 g/mol. The molecule has 0 unspecified atom stereocenters. The molecule has 0 atom stereocenters. The lowest BCUT2D eigenvalue weighted by molar-refractivity contribution is -0.124. The van der Waals surface area contributed by atoms with Crippen molar-refractivity contribution in [3.63, 3.8) is 0 Å². The van der Waals surface area contributed by atoms with Crippen molar-refractivity contribution in [3.05, 3.63) is 24.4 Å². The molecule has 0 spiro atoms. The van der Waals surface area contributed by atoms with Crippen molar-refractivity contribution in [2.75, 3.05) is 11.9 Å². The van der Waals surface area contributed by atoms with Crippen molar-refractivity contribution in [2.45, 2.75) is 33.1 Å². The topological polar surface area (TPSA) is 88.4 Å². The number of pyridine rings is 1. The van der Waals surface area contributed by atoms with Crippen molar-refractivity contribution in [3.8, 4) is 0 Å². The minimum atomic E-state index is -0.253. The number of hydrogen-bond acceptors (Lipinski definition) is 4. The Hall–Kier alpha value is -2.44. The Labute approximate surface area is 129 Å². The molecule has 7 nitrogen and oxygen atoms in total. The maximum Gasteiger partial charge on any atom is 0.235 e. The van der Waals surface area contributed by atoms with Gasteiger partial charge in [-0.25, -0.2) is 0 Å². The van der Waals surface area contributed by atoms with Crippen molar-refractivity contribution in [1.29, 1.82) is 0 Å². The van der Waals surface area contributed by atoms with Crippen LogP contribution >= 0.6 is 0 Å². The van der Waals surface area contributed by atoms with Gasteiger partial charge in [-0.3, -0.25) is 19.3 Å². The molecule has 2 amide bonds. The fourth-order valence-corrected chi connectivity index (χ4v) is 1.93. The van der Waals surface area contributed by atoms with E-state index in [2.05, 4.69) is 34.7 Å². The van der Waals surface area contributed by atoms with E-state index in [0.717, 1.165) is 6.42 Å². The van der Waals surface area contributed by atoms with Crippen LogP contribution in [-0.2, 0) is 9.59 Å². The molecule has 0 aliphatic rings. The van der Waals surface area contributed by atoms with Crippen LogP contribution in [0.5, 0.6) is 0 Å². The molecule has 2 aromatic heterocycles. The molecule has 0 aliphatic carbocycles. The van der Waals surface area contributed by atoms with E-state index in [9.17, 15) is 9.59 Å². The molecule has 0 bridgehead atoms. The van der Waals surface area contributed by atoms with Crippen molar-refractivity contribution >= 4 is 23.4 Å². The Kier molecular flexibility index (Phi) is 5.46. The van der Waals surface area contributed by atoms with Gasteiger partial charge in [-0.05, 0) is 24.5 Å². The van der Waals surface area contributed by atoms with Crippen LogP contribution in [0.4, 0.5) is 5.95 Å². The van der Waals surface area contributed by atoms with Crippen LogP contribution in [0.1, 0.15) is 33.1 Å². The largest absolute Gasteiger partial charge is 0.356 e. The van der Waals surface area contributed by atoms with Gasteiger partial charge in [0.05, 0.1) is 0 Å². The van der Waals surface area contributed by atoms with E-state index >= 15 is 0 Å². The molecular weight excluding hydrogens is 282 g/mol. The Morgan fingerprint density at radius 1 is 1.18 bits per heavy atom. The number of carbonyl (C=O) groups excluding carboxylic acids is 2. The lowest BCUT2D eigenvalue weighted by atomic mass is 10.1. The van der Waals surface area contributed by atoms with Gasteiger partial charge in [-0.2, -0.15) is 0 Å². The van der Waals surface area contributed by atoms with Crippen LogP contribution in [0, 0.1) is 5.92 Å². The van der Waals surface area contributed by atoms with Crippen LogP contribution in [0.2, 0.25) is 0 Å². The van der Waals surface area contributed by atoms with E-state index in [1.54, 1.807) is 16.7 Å². The third kappa shape index (κ3) is 4.54. The van der Waals surface area contributed by atoms with E-state index < -0.39 is 0 Å². The predicted octanol–water partition coefficient (Wildman–Crippen LogP) is 1.61. The summed E-state index contributed by atoms with van der Waals surface area (Å²) in [5, 5.41) is 13.3. The molecule has 7 heteroatoms. The summed E-state index contributed by atoms with van der Waals surface area (Å²) in [7, 11) is 0. The zero-order valence-electron chi connectivity index (χ0n) is 12.9. The van der Waals surface area contributed by atoms with Gasteiger partial charge in [0.2, 0.25) is 17.8 Å². The Bertz CT molecular complexity index is 650. The molecule has 2 rings (SSSR count). The third-order valence-electron chi connectivity index (χ3n) is 3.19. The number of aromatic nitrogens is 3. The summed E-state index contributed by atoms with van der Waals surface area (Å²) < 4.78 is 1.68. The average molecular weight is 303 g/mol. The summed E-state index contributed by atoms with van der Waals surface area (Å²) in [5.74, 6) is 0.546. The highest BCUT2D eigenvalue weighted by Crippen LogP contribution is 2.08. The van der Waals surface area contributed by atoms with Crippen LogP contribution in [0.25, 0.3) is 5.65 Å². The molecule has 0 fully saturated rings. The molecule has 2 aromatic rings. The van der Waals surface area contributed by atoms with Crippen molar-refractivity contribution < 1.29 is 9.59 Å².